The minimum atomic E-state index is 0.133. The van der Waals surface area contributed by atoms with Gasteiger partial charge in [0.15, 0.2) is 0 Å². The van der Waals surface area contributed by atoms with Gasteiger partial charge in [-0.2, -0.15) is 0 Å². The fraction of sp³-hybridized carbons (Fsp3) is 0.909. The lowest BCUT2D eigenvalue weighted by Gasteiger charge is -2.33. The summed E-state index contributed by atoms with van der Waals surface area (Å²) in [6, 6.07) is 0.133. The quantitative estimate of drug-likeness (QED) is 0.321. The number of aliphatic imine (C=N–C) groups is 1. The van der Waals surface area contributed by atoms with E-state index in [4.69, 9.17) is 10.6 Å². The number of hydrazine groups is 1. The molecule has 2 unspecified atom stereocenters. The summed E-state index contributed by atoms with van der Waals surface area (Å²) in [7, 11) is 1.69. The lowest BCUT2D eigenvalue weighted by molar-refractivity contribution is 0.184. The van der Waals surface area contributed by atoms with Crippen molar-refractivity contribution in [2.45, 2.75) is 32.7 Å². The van der Waals surface area contributed by atoms with E-state index < -0.39 is 0 Å². The highest BCUT2D eigenvalue weighted by atomic mass is 16.5. The van der Waals surface area contributed by atoms with E-state index in [1.807, 2.05) is 6.92 Å². The molecule has 2 atom stereocenters. The molecule has 0 amide bonds. The number of guanidine groups is 1. The lowest BCUT2D eigenvalue weighted by Crippen LogP contribution is -2.49. The number of likely N-dealkylation sites (tertiary alicyclic amines) is 1. The zero-order valence-corrected chi connectivity index (χ0v) is 10.6. The van der Waals surface area contributed by atoms with Gasteiger partial charge in [0.05, 0.1) is 12.6 Å². The summed E-state index contributed by atoms with van der Waals surface area (Å²) in [5, 5.41) is 0. The molecule has 0 aliphatic carbocycles. The molecule has 1 heterocycles. The van der Waals surface area contributed by atoms with Crippen LogP contribution in [-0.4, -0.2) is 43.7 Å². The molecule has 0 aromatic rings. The van der Waals surface area contributed by atoms with Crippen LogP contribution in [0.25, 0.3) is 0 Å². The molecule has 5 heteroatoms. The number of rotatable bonds is 3. The van der Waals surface area contributed by atoms with Gasteiger partial charge in [-0.05, 0) is 25.7 Å². The van der Waals surface area contributed by atoms with E-state index in [-0.39, 0.29) is 6.04 Å². The largest absolute Gasteiger partial charge is 0.382 e. The van der Waals surface area contributed by atoms with Crippen LogP contribution in [0.15, 0.2) is 4.99 Å². The van der Waals surface area contributed by atoms with Gasteiger partial charge in [0.1, 0.15) is 0 Å². The molecule has 1 fully saturated rings. The molecule has 94 valence electrons. The Hall–Kier alpha value is -0.810. The van der Waals surface area contributed by atoms with E-state index >= 15 is 0 Å². The first-order chi connectivity index (χ1) is 7.67. The van der Waals surface area contributed by atoms with Crippen molar-refractivity contribution in [1.29, 1.82) is 0 Å². The third kappa shape index (κ3) is 3.98. The van der Waals surface area contributed by atoms with Gasteiger partial charge in [-0.25, -0.2) is 10.8 Å². The summed E-state index contributed by atoms with van der Waals surface area (Å²) in [4.78, 5) is 6.75. The van der Waals surface area contributed by atoms with Crippen LogP contribution in [0.5, 0.6) is 0 Å². The standard InChI is InChI=1S/C11H24N4O/c1-9-5-4-6-15(7-9)11(14-12)13-10(2)8-16-3/h9-10H,4-8,12H2,1-3H3,(H,13,14). The van der Waals surface area contributed by atoms with Gasteiger partial charge in [0.2, 0.25) is 5.96 Å². The average molecular weight is 228 g/mol. The number of nitrogens with zero attached hydrogens (tertiary/aromatic N) is 2. The molecule has 1 rings (SSSR count). The van der Waals surface area contributed by atoms with E-state index in [0.29, 0.717) is 12.5 Å². The fourth-order valence-electron chi connectivity index (χ4n) is 2.08. The van der Waals surface area contributed by atoms with Crippen molar-refractivity contribution < 1.29 is 4.74 Å². The van der Waals surface area contributed by atoms with Crippen molar-refractivity contribution in [3.63, 3.8) is 0 Å². The summed E-state index contributed by atoms with van der Waals surface area (Å²) < 4.78 is 5.06. The van der Waals surface area contributed by atoms with Crippen LogP contribution < -0.4 is 11.3 Å². The van der Waals surface area contributed by atoms with Crippen LogP contribution in [0.2, 0.25) is 0 Å². The maximum Gasteiger partial charge on any atom is 0.208 e. The predicted molar refractivity (Wildman–Crippen MR) is 66.1 cm³/mol. The Bertz CT molecular complexity index is 232. The van der Waals surface area contributed by atoms with E-state index in [1.165, 1.54) is 12.8 Å². The monoisotopic (exact) mass is 228 g/mol. The molecule has 0 aromatic carbocycles. The fourth-order valence-corrected chi connectivity index (χ4v) is 2.08. The van der Waals surface area contributed by atoms with Crippen molar-refractivity contribution >= 4 is 5.96 Å². The number of hydrogen-bond donors (Lipinski definition) is 2. The van der Waals surface area contributed by atoms with Crippen molar-refractivity contribution in [2.24, 2.45) is 16.8 Å². The van der Waals surface area contributed by atoms with Gasteiger partial charge in [-0.15, -0.1) is 0 Å². The van der Waals surface area contributed by atoms with E-state index in [0.717, 1.165) is 19.0 Å². The molecule has 0 spiro atoms. The lowest BCUT2D eigenvalue weighted by atomic mass is 10.0. The maximum absolute atomic E-state index is 5.53. The summed E-state index contributed by atoms with van der Waals surface area (Å²) >= 11 is 0. The number of methoxy groups -OCH3 is 1. The highest BCUT2D eigenvalue weighted by Gasteiger charge is 2.19. The first kappa shape index (κ1) is 13.3. The summed E-state index contributed by atoms with van der Waals surface area (Å²) in [6.07, 6.45) is 2.50. The second kappa shape index (κ2) is 6.70. The van der Waals surface area contributed by atoms with Crippen molar-refractivity contribution in [1.82, 2.24) is 10.3 Å². The van der Waals surface area contributed by atoms with Gasteiger partial charge in [0, 0.05) is 20.2 Å². The number of ether oxygens (including phenoxy) is 1. The SMILES string of the molecule is COCC(C)N=C(NN)N1CCCC(C)C1. The Morgan fingerprint density at radius 2 is 2.44 bits per heavy atom. The molecule has 5 nitrogen and oxygen atoms in total. The van der Waals surface area contributed by atoms with Gasteiger partial charge >= 0.3 is 0 Å². The van der Waals surface area contributed by atoms with Crippen molar-refractivity contribution in [3.05, 3.63) is 0 Å². The zero-order chi connectivity index (χ0) is 12.0. The molecule has 0 radical (unpaired) electrons. The third-order valence-electron chi connectivity index (χ3n) is 2.84. The average Bonchev–Trinajstić information content (AvgIpc) is 2.26. The first-order valence-electron chi connectivity index (χ1n) is 5.95. The predicted octanol–water partition coefficient (Wildman–Crippen LogP) is 0.573. The van der Waals surface area contributed by atoms with E-state index in [9.17, 15) is 0 Å². The third-order valence-corrected chi connectivity index (χ3v) is 2.84. The van der Waals surface area contributed by atoms with E-state index in [2.05, 4.69) is 22.2 Å². The van der Waals surface area contributed by atoms with Crippen molar-refractivity contribution in [2.75, 3.05) is 26.8 Å². The molecule has 0 bridgehead atoms. The summed E-state index contributed by atoms with van der Waals surface area (Å²) in [5.41, 5.74) is 2.70. The van der Waals surface area contributed by atoms with Gasteiger partial charge in [-0.3, -0.25) is 5.43 Å². The van der Waals surface area contributed by atoms with E-state index in [1.54, 1.807) is 7.11 Å². The number of nitrogens with one attached hydrogen (secondary N) is 1. The van der Waals surface area contributed by atoms with Crippen LogP contribution in [0.3, 0.4) is 0 Å². The zero-order valence-electron chi connectivity index (χ0n) is 10.6. The highest BCUT2D eigenvalue weighted by Crippen LogP contribution is 2.15. The number of piperidine rings is 1. The van der Waals surface area contributed by atoms with Crippen LogP contribution in [0.4, 0.5) is 0 Å². The van der Waals surface area contributed by atoms with Crippen molar-refractivity contribution in [3.8, 4) is 0 Å². The molecule has 1 saturated heterocycles. The molecule has 0 aromatic heterocycles. The van der Waals surface area contributed by atoms with Crippen LogP contribution in [0.1, 0.15) is 26.7 Å². The Kier molecular flexibility index (Phi) is 5.55. The summed E-state index contributed by atoms with van der Waals surface area (Å²) in [6.45, 7) is 6.97. The Morgan fingerprint density at radius 1 is 1.69 bits per heavy atom. The van der Waals surface area contributed by atoms with Crippen LogP contribution >= 0.6 is 0 Å². The number of nitrogens with two attached hydrogens (primary N) is 1. The maximum atomic E-state index is 5.53. The molecule has 0 saturated carbocycles. The molecule has 3 N–H and O–H groups in total. The van der Waals surface area contributed by atoms with Gasteiger partial charge in [-0.1, -0.05) is 6.92 Å². The second-order valence-electron chi connectivity index (χ2n) is 4.59. The van der Waals surface area contributed by atoms with Gasteiger partial charge < -0.3 is 9.64 Å². The molecule has 16 heavy (non-hydrogen) atoms. The molecule has 1 aliphatic rings. The Labute approximate surface area is 98.0 Å². The smallest absolute Gasteiger partial charge is 0.208 e. The molecular weight excluding hydrogens is 204 g/mol. The Morgan fingerprint density at radius 3 is 3.00 bits per heavy atom. The topological polar surface area (TPSA) is 62.9 Å². The summed E-state index contributed by atoms with van der Waals surface area (Å²) in [5.74, 6) is 7.03. The second-order valence-corrected chi connectivity index (χ2v) is 4.59. The Balaban J connectivity index is 2.57. The minimum Gasteiger partial charge on any atom is -0.382 e. The normalized spacial score (nSPS) is 24.4. The minimum absolute atomic E-state index is 0.133. The van der Waals surface area contributed by atoms with Crippen LogP contribution in [0, 0.1) is 5.92 Å². The molecular formula is C11H24N4O. The number of hydrogen-bond acceptors (Lipinski definition) is 3. The van der Waals surface area contributed by atoms with Crippen LogP contribution in [-0.2, 0) is 4.74 Å². The highest BCUT2D eigenvalue weighted by molar-refractivity contribution is 5.79. The van der Waals surface area contributed by atoms with Gasteiger partial charge in [0.25, 0.3) is 0 Å². The first-order valence-corrected chi connectivity index (χ1v) is 5.95. The molecule has 1 aliphatic heterocycles.